The molecule has 9 heavy (non-hydrogen) atoms. The van der Waals surface area contributed by atoms with Crippen molar-refractivity contribution in [1.29, 1.82) is 0 Å². The van der Waals surface area contributed by atoms with E-state index >= 15 is 0 Å². The lowest BCUT2D eigenvalue weighted by molar-refractivity contribution is -0.104. The molecule has 0 aromatic rings. The zero-order valence-corrected chi connectivity index (χ0v) is 5.00. The molecule has 3 nitrogen and oxygen atoms in total. The van der Waals surface area contributed by atoms with Crippen molar-refractivity contribution < 1.29 is 4.79 Å². The first-order valence-corrected chi connectivity index (χ1v) is 2.30. The van der Waals surface area contributed by atoms with Crippen LogP contribution in [0.4, 0.5) is 0 Å². The minimum atomic E-state index is 0.130. The molecule has 2 N–H and O–H groups in total. The van der Waals surface area contributed by atoms with E-state index in [1.165, 1.54) is 6.08 Å². The Kier molecular flexibility index (Phi) is 3.05. The molecule has 0 bridgehead atoms. The van der Waals surface area contributed by atoms with Gasteiger partial charge in [0.25, 0.3) is 0 Å². The van der Waals surface area contributed by atoms with E-state index in [0.29, 0.717) is 6.29 Å². The van der Waals surface area contributed by atoms with Crippen LogP contribution in [0, 0.1) is 0 Å². The number of hydrogen-bond acceptors (Lipinski definition) is 3. The maximum Gasteiger partial charge on any atom is 0.170 e. The molecule has 0 atom stereocenters. The molecule has 0 rings (SSSR count). The number of aldehydes is 1. The number of aliphatic imine (C=N–C) groups is 1. The van der Waals surface area contributed by atoms with Crippen LogP contribution in [0.5, 0.6) is 0 Å². The monoisotopic (exact) mass is 124 g/mol. The predicted molar refractivity (Wildman–Crippen MR) is 37.0 cm³/mol. The van der Waals surface area contributed by atoms with Gasteiger partial charge in [0.15, 0.2) is 6.29 Å². The second-order valence-electron chi connectivity index (χ2n) is 1.32. The third-order valence-electron chi connectivity index (χ3n) is 0.798. The summed E-state index contributed by atoms with van der Waals surface area (Å²) in [4.78, 5) is 13.4. The van der Waals surface area contributed by atoms with Gasteiger partial charge < -0.3 is 5.73 Å². The maximum absolute atomic E-state index is 10.0. The third-order valence-corrected chi connectivity index (χ3v) is 0.798. The summed E-state index contributed by atoms with van der Waals surface area (Å²) >= 11 is 0. The van der Waals surface area contributed by atoms with Gasteiger partial charge in [-0.15, -0.1) is 0 Å². The molecule has 0 saturated carbocycles. The van der Waals surface area contributed by atoms with Gasteiger partial charge in [0, 0.05) is 0 Å². The summed E-state index contributed by atoms with van der Waals surface area (Å²) in [5.41, 5.74) is 5.61. The van der Waals surface area contributed by atoms with Gasteiger partial charge in [-0.2, -0.15) is 0 Å². The normalized spacial score (nSPS) is 11.6. The second kappa shape index (κ2) is 3.60. The molecule has 48 valence electrons. The van der Waals surface area contributed by atoms with E-state index in [1.54, 1.807) is 0 Å². The van der Waals surface area contributed by atoms with E-state index in [0.717, 1.165) is 0 Å². The Bertz CT molecular complexity index is 160. The molecule has 0 aromatic heterocycles. The van der Waals surface area contributed by atoms with Gasteiger partial charge in [-0.25, -0.2) is 0 Å². The highest BCUT2D eigenvalue weighted by Crippen LogP contribution is 1.95. The largest absolute Gasteiger partial charge is 0.397 e. The molecular formula is C6H8N2O. The highest BCUT2D eigenvalue weighted by Gasteiger charge is 1.91. The molecule has 0 radical (unpaired) electrons. The van der Waals surface area contributed by atoms with Crippen molar-refractivity contribution in [3.8, 4) is 0 Å². The van der Waals surface area contributed by atoms with Gasteiger partial charge >= 0.3 is 0 Å². The molecule has 0 unspecified atom stereocenters. The average Bonchev–Trinajstić information content (AvgIpc) is 1.90. The molecule has 0 saturated heterocycles. The average molecular weight is 124 g/mol. The van der Waals surface area contributed by atoms with Gasteiger partial charge in [0.2, 0.25) is 0 Å². The fourth-order valence-electron chi connectivity index (χ4n) is 0.301. The number of hydrogen-bond donors (Lipinski definition) is 1. The highest BCUT2D eigenvalue weighted by atomic mass is 16.1. The molecule has 0 fully saturated rings. The van der Waals surface area contributed by atoms with Crippen molar-refractivity contribution in [3.63, 3.8) is 0 Å². The van der Waals surface area contributed by atoms with Crippen LogP contribution in [-0.4, -0.2) is 13.0 Å². The van der Waals surface area contributed by atoms with Crippen LogP contribution in [-0.2, 0) is 4.79 Å². The molecule has 3 heteroatoms. The van der Waals surface area contributed by atoms with Crippen molar-refractivity contribution in [2.24, 2.45) is 10.7 Å². The quantitative estimate of drug-likeness (QED) is 0.253. The zero-order chi connectivity index (χ0) is 7.28. The van der Waals surface area contributed by atoms with Crippen LogP contribution < -0.4 is 5.73 Å². The molecule has 0 aliphatic rings. The van der Waals surface area contributed by atoms with E-state index in [-0.39, 0.29) is 11.4 Å². The Labute approximate surface area is 53.6 Å². The summed E-state index contributed by atoms with van der Waals surface area (Å²) in [7, 11) is 0. The minimum Gasteiger partial charge on any atom is -0.397 e. The number of nitrogens with two attached hydrogens (primary N) is 1. The predicted octanol–water partition coefficient (Wildman–Crippen LogP) is 0.242. The Morgan fingerprint density at radius 2 is 2.22 bits per heavy atom. The van der Waals surface area contributed by atoms with Crippen molar-refractivity contribution in [2.75, 3.05) is 0 Å². The summed E-state index contributed by atoms with van der Waals surface area (Å²) < 4.78 is 0. The summed E-state index contributed by atoms with van der Waals surface area (Å²) in [6.45, 7) is 6.48. The van der Waals surface area contributed by atoms with Crippen LogP contribution in [0.1, 0.15) is 0 Å². The molecule has 0 heterocycles. The van der Waals surface area contributed by atoms with Crippen molar-refractivity contribution in [2.45, 2.75) is 0 Å². The van der Waals surface area contributed by atoms with Crippen LogP contribution in [0.2, 0.25) is 0 Å². The van der Waals surface area contributed by atoms with Gasteiger partial charge in [-0.1, -0.05) is 6.58 Å². The summed E-state index contributed by atoms with van der Waals surface area (Å²) in [6, 6.07) is 0. The van der Waals surface area contributed by atoms with E-state index < -0.39 is 0 Å². The first-order valence-electron chi connectivity index (χ1n) is 2.30. The van der Waals surface area contributed by atoms with Crippen LogP contribution in [0.25, 0.3) is 0 Å². The van der Waals surface area contributed by atoms with Crippen molar-refractivity contribution in [3.05, 3.63) is 24.0 Å². The summed E-state index contributed by atoms with van der Waals surface area (Å²) in [5.74, 6) is 0. The second-order valence-corrected chi connectivity index (χ2v) is 1.32. The van der Waals surface area contributed by atoms with Crippen molar-refractivity contribution >= 4 is 13.0 Å². The molecule has 0 aromatic carbocycles. The first kappa shape index (κ1) is 7.62. The maximum atomic E-state index is 10.0. The lowest BCUT2D eigenvalue weighted by atomic mass is 10.3. The molecular weight excluding hydrogens is 116 g/mol. The lowest BCUT2D eigenvalue weighted by Crippen LogP contribution is -1.98. The van der Waals surface area contributed by atoms with E-state index in [9.17, 15) is 4.79 Å². The number of carbonyl (C=O) groups is 1. The Hall–Kier alpha value is -1.38. The SMILES string of the molecule is C=C/C(N)=C(/C=O)N=C. The van der Waals surface area contributed by atoms with Crippen LogP contribution in [0.15, 0.2) is 29.0 Å². The van der Waals surface area contributed by atoms with E-state index in [1.807, 2.05) is 0 Å². The smallest absolute Gasteiger partial charge is 0.170 e. The lowest BCUT2D eigenvalue weighted by Gasteiger charge is -1.91. The fraction of sp³-hybridized carbons (Fsp3) is 0. The fourth-order valence-corrected chi connectivity index (χ4v) is 0.301. The first-order chi connectivity index (χ1) is 4.26. The Balaban J connectivity index is 4.56. The number of carbonyl (C=O) groups excluding carboxylic acids is 1. The zero-order valence-electron chi connectivity index (χ0n) is 5.00. The molecule has 0 aliphatic carbocycles. The summed E-state index contributed by atoms with van der Waals surface area (Å²) in [5, 5.41) is 0. The summed E-state index contributed by atoms with van der Waals surface area (Å²) in [6.07, 6.45) is 1.88. The number of allylic oxidation sites excluding steroid dienone is 2. The molecule has 0 spiro atoms. The minimum absolute atomic E-state index is 0.130. The van der Waals surface area contributed by atoms with E-state index in [2.05, 4.69) is 18.3 Å². The third kappa shape index (κ3) is 1.90. The number of rotatable bonds is 3. The van der Waals surface area contributed by atoms with Crippen LogP contribution >= 0.6 is 0 Å². The molecule has 0 amide bonds. The topological polar surface area (TPSA) is 55.5 Å². The Morgan fingerprint density at radius 3 is 2.33 bits per heavy atom. The number of nitrogens with zero attached hydrogens (tertiary/aromatic N) is 1. The van der Waals surface area contributed by atoms with Gasteiger partial charge in [0.1, 0.15) is 5.70 Å². The van der Waals surface area contributed by atoms with Gasteiger partial charge in [-0.3, -0.25) is 9.79 Å². The standard InChI is InChI=1S/C6H8N2O/c1-3-5(7)6(4-9)8-2/h3-4H,1-2,7H2/b6-5+. The van der Waals surface area contributed by atoms with Crippen LogP contribution in [0.3, 0.4) is 0 Å². The molecule has 0 aliphatic heterocycles. The van der Waals surface area contributed by atoms with Crippen molar-refractivity contribution in [1.82, 2.24) is 0 Å². The van der Waals surface area contributed by atoms with Gasteiger partial charge in [0.05, 0.1) is 5.70 Å². The highest BCUT2D eigenvalue weighted by molar-refractivity contribution is 5.75. The van der Waals surface area contributed by atoms with Gasteiger partial charge in [-0.05, 0) is 12.8 Å². The Morgan fingerprint density at radius 1 is 1.67 bits per heavy atom. The van der Waals surface area contributed by atoms with E-state index in [4.69, 9.17) is 5.73 Å².